The summed E-state index contributed by atoms with van der Waals surface area (Å²) in [5.74, 6) is -0.145. The van der Waals surface area contributed by atoms with Gasteiger partial charge in [-0.25, -0.2) is 13.1 Å². The quantitative estimate of drug-likeness (QED) is 0.719. The maximum absolute atomic E-state index is 12.9. The van der Waals surface area contributed by atoms with Crippen molar-refractivity contribution in [1.82, 2.24) is 9.62 Å². The molecular formula is C17H26BrN3O3S. The second-order valence-electron chi connectivity index (χ2n) is 6.28. The molecule has 0 radical (unpaired) electrons. The Labute approximate surface area is 158 Å². The van der Waals surface area contributed by atoms with E-state index in [1.54, 1.807) is 11.0 Å². The van der Waals surface area contributed by atoms with Crippen LogP contribution in [0.25, 0.3) is 0 Å². The Balaban J connectivity index is 2.34. The Morgan fingerprint density at radius 3 is 2.56 bits per heavy atom. The molecule has 1 aliphatic heterocycles. The number of sulfonamides is 1. The number of halogens is 1. The molecule has 0 bridgehead atoms. The van der Waals surface area contributed by atoms with Crippen LogP contribution in [0.3, 0.4) is 0 Å². The second-order valence-corrected chi connectivity index (χ2v) is 8.93. The van der Waals surface area contributed by atoms with E-state index >= 15 is 0 Å². The number of fused-ring (bicyclic) bond motifs is 1. The number of anilines is 1. The van der Waals surface area contributed by atoms with Crippen LogP contribution in [0, 0.1) is 0 Å². The summed E-state index contributed by atoms with van der Waals surface area (Å²) in [4.78, 5) is 16.0. The smallest absolute Gasteiger partial charge is 0.242 e. The molecule has 0 saturated carbocycles. The number of carbonyl (C=O) groups is 1. The van der Waals surface area contributed by atoms with Crippen LogP contribution >= 0.6 is 15.9 Å². The lowest BCUT2D eigenvalue weighted by atomic mass is 10.1. The normalized spacial score (nSPS) is 17.2. The van der Waals surface area contributed by atoms with Crippen molar-refractivity contribution in [3.63, 3.8) is 0 Å². The third-order valence-electron chi connectivity index (χ3n) is 4.56. The lowest BCUT2D eigenvalue weighted by molar-refractivity contribution is -0.116. The van der Waals surface area contributed by atoms with Gasteiger partial charge in [0.25, 0.3) is 0 Å². The van der Waals surface area contributed by atoms with Crippen molar-refractivity contribution in [2.45, 2.75) is 45.1 Å². The number of amides is 1. The first-order chi connectivity index (χ1) is 11.7. The maximum atomic E-state index is 12.9. The first kappa shape index (κ1) is 20.4. The van der Waals surface area contributed by atoms with Crippen LogP contribution in [0.1, 0.15) is 33.3 Å². The summed E-state index contributed by atoms with van der Waals surface area (Å²) in [5, 5.41) is 0. The van der Waals surface area contributed by atoms with E-state index in [2.05, 4.69) is 25.6 Å². The van der Waals surface area contributed by atoms with Gasteiger partial charge in [0.05, 0.1) is 5.69 Å². The summed E-state index contributed by atoms with van der Waals surface area (Å²) in [7, 11) is -3.71. The van der Waals surface area contributed by atoms with Crippen molar-refractivity contribution in [3.05, 3.63) is 22.2 Å². The molecule has 0 saturated heterocycles. The van der Waals surface area contributed by atoms with Crippen LogP contribution in [-0.4, -0.2) is 51.4 Å². The maximum Gasteiger partial charge on any atom is 0.242 e. The van der Waals surface area contributed by atoms with Crippen molar-refractivity contribution >= 4 is 37.5 Å². The van der Waals surface area contributed by atoms with Gasteiger partial charge in [-0.1, -0.05) is 29.8 Å². The highest BCUT2D eigenvalue weighted by molar-refractivity contribution is 9.10. The molecule has 1 heterocycles. The molecular weight excluding hydrogens is 406 g/mol. The van der Waals surface area contributed by atoms with E-state index < -0.39 is 10.0 Å². The summed E-state index contributed by atoms with van der Waals surface area (Å²) in [6.07, 6.45) is 0.649. The number of likely N-dealkylation sites (N-methyl/N-ethyl adjacent to an activating group) is 1. The minimum Gasteiger partial charge on any atom is -0.308 e. The highest BCUT2D eigenvalue weighted by Crippen LogP contribution is 2.39. The third-order valence-corrected chi connectivity index (χ3v) is 6.49. The molecule has 25 heavy (non-hydrogen) atoms. The average Bonchev–Trinajstić information content (AvgIpc) is 2.86. The molecule has 1 aromatic rings. The molecule has 0 spiro atoms. The van der Waals surface area contributed by atoms with Gasteiger partial charge in [-0.05, 0) is 44.1 Å². The van der Waals surface area contributed by atoms with Crippen molar-refractivity contribution in [2.75, 3.05) is 31.1 Å². The molecule has 1 aliphatic rings. The Morgan fingerprint density at radius 2 is 2.00 bits per heavy atom. The fourth-order valence-electron chi connectivity index (χ4n) is 3.32. The number of nitrogens with zero attached hydrogens (tertiary/aromatic N) is 2. The molecule has 1 atom stereocenters. The highest BCUT2D eigenvalue weighted by atomic mass is 79.9. The van der Waals surface area contributed by atoms with Crippen LogP contribution in [0.5, 0.6) is 0 Å². The van der Waals surface area contributed by atoms with Crippen molar-refractivity contribution < 1.29 is 13.2 Å². The number of nitrogens with one attached hydrogen (secondary N) is 1. The van der Waals surface area contributed by atoms with Crippen molar-refractivity contribution in [2.24, 2.45) is 0 Å². The third kappa shape index (κ3) is 4.42. The van der Waals surface area contributed by atoms with E-state index in [0.717, 1.165) is 18.7 Å². The Morgan fingerprint density at radius 1 is 1.36 bits per heavy atom. The molecule has 8 heteroatoms. The number of carbonyl (C=O) groups excluding carboxylic acids is 1. The van der Waals surface area contributed by atoms with Gasteiger partial charge in [0.15, 0.2) is 0 Å². The molecule has 1 aromatic carbocycles. The average molecular weight is 432 g/mol. The van der Waals surface area contributed by atoms with Gasteiger partial charge in [-0.3, -0.25) is 4.79 Å². The molecule has 0 unspecified atom stereocenters. The van der Waals surface area contributed by atoms with Gasteiger partial charge >= 0.3 is 0 Å². The topological polar surface area (TPSA) is 69.7 Å². The largest absolute Gasteiger partial charge is 0.308 e. The molecule has 0 aromatic heterocycles. The van der Waals surface area contributed by atoms with E-state index in [-0.39, 0.29) is 16.8 Å². The van der Waals surface area contributed by atoms with E-state index in [1.165, 1.54) is 6.92 Å². The van der Waals surface area contributed by atoms with Gasteiger partial charge in [-0.2, -0.15) is 0 Å². The fraction of sp³-hybridized carbons (Fsp3) is 0.588. The van der Waals surface area contributed by atoms with Crippen LogP contribution in [0.15, 0.2) is 21.5 Å². The summed E-state index contributed by atoms with van der Waals surface area (Å²) in [5.41, 5.74) is 1.39. The van der Waals surface area contributed by atoms with Gasteiger partial charge in [0.2, 0.25) is 15.9 Å². The summed E-state index contributed by atoms with van der Waals surface area (Å²) >= 11 is 3.40. The van der Waals surface area contributed by atoms with Crippen molar-refractivity contribution in [1.29, 1.82) is 0 Å². The van der Waals surface area contributed by atoms with Gasteiger partial charge in [0, 0.05) is 30.5 Å². The fourth-order valence-corrected chi connectivity index (χ4v) is 5.25. The minimum absolute atomic E-state index is 0.0496. The zero-order chi connectivity index (χ0) is 18.8. The van der Waals surface area contributed by atoms with Gasteiger partial charge in [0.1, 0.15) is 4.90 Å². The standard InChI is InChI=1S/C17H26BrN3O3S/c1-5-20(6-2)8-7-19-25(23,24)16-11-15(18)10-14-9-12(3)21(13(4)22)17(14)16/h10-12,19H,5-9H2,1-4H3/t12-/m0/s1. The monoisotopic (exact) mass is 431 g/mol. The molecule has 140 valence electrons. The molecule has 0 fully saturated rings. The molecule has 6 nitrogen and oxygen atoms in total. The Bertz CT molecular complexity index is 748. The lowest BCUT2D eigenvalue weighted by Gasteiger charge is -2.23. The summed E-state index contributed by atoms with van der Waals surface area (Å²) in [6, 6.07) is 3.42. The van der Waals surface area contributed by atoms with E-state index in [9.17, 15) is 13.2 Å². The molecule has 2 rings (SSSR count). The first-order valence-electron chi connectivity index (χ1n) is 8.55. The second kappa shape index (κ2) is 8.16. The number of benzene rings is 1. The van der Waals surface area contributed by atoms with Crippen LogP contribution in [0.4, 0.5) is 5.69 Å². The van der Waals surface area contributed by atoms with Gasteiger partial charge < -0.3 is 9.80 Å². The Hall–Kier alpha value is -0.960. The van der Waals surface area contributed by atoms with Crippen molar-refractivity contribution in [3.8, 4) is 0 Å². The Kier molecular flexibility index (Phi) is 6.64. The predicted octanol–water partition coefficient (Wildman–Crippen LogP) is 2.37. The molecule has 0 aliphatic carbocycles. The van der Waals surface area contributed by atoms with E-state index in [0.29, 0.717) is 29.7 Å². The number of hydrogen-bond acceptors (Lipinski definition) is 4. The molecule has 1 N–H and O–H groups in total. The zero-order valence-corrected chi connectivity index (χ0v) is 17.6. The highest BCUT2D eigenvalue weighted by Gasteiger charge is 2.35. The summed E-state index contributed by atoms with van der Waals surface area (Å²) in [6.45, 7) is 10.2. The SMILES string of the molecule is CCN(CC)CCNS(=O)(=O)c1cc(Br)cc2c1N(C(C)=O)[C@@H](C)C2. The number of rotatable bonds is 7. The van der Waals surface area contributed by atoms with Crippen LogP contribution in [0.2, 0.25) is 0 Å². The minimum atomic E-state index is -3.71. The van der Waals surface area contributed by atoms with Gasteiger partial charge in [-0.15, -0.1) is 0 Å². The van der Waals surface area contributed by atoms with Crippen LogP contribution in [-0.2, 0) is 21.2 Å². The molecule has 1 amide bonds. The number of hydrogen-bond donors (Lipinski definition) is 1. The van der Waals surface area contributed by atoms with E-state index in [4.69, 9.17) is 0 Å². The lowest BCUT2D eigenvalue weighted by Crippen LogP contribution is -2.37. The predicted molar refractivity (Wildman–Crippen MR) is 103 cm³/mol. The first-order valence-corrected chi connectivity index (χ1v) is 10.8. The zero-order valence-electron chi connectivity index (χ0n) is 15.2. The summed E-state index contributed by atoms with van der Waals surface area (Å²) < 4.78 is 29.2. The van der Waals surface area contributed by atoms with Crippen LogP contribution < -0.4 is 9.62 Å². The van der Waals surface area contributed by atoms with E-state index in [1.807, 2.05) is 26.8 Å².